The Balaban J connectivity index is 0. The highest BCUT2D eigenvalue weighted by molar-refractivity contribution is 5.66. The van der Waals surface area contributed by atoms with Gasteiger partial charge in [-0.2, -0.15) is 0 Å². The molecular formula is C16H30O6. The molecule has 0 aliphatic carbocycles. The van der Waals surface area contributed by atoms with Crippen LogP contribution in [0.5, 0.6) is 0 Å². The molecule has 0 aromatic carbocycles. The molecule has 0 fully saturated rings. The van der Waals surface area contributed by atoms with Crippen LogP contribution in [0.3, 0.4) is 0 Å². The maximum absolute atomic E-state index is 10.2. The van der Waals surface area contributed by atoms with Crippen LogP contribution in [-0.4, -0.2) is 46.6 Å². The molecule has 130 valence electrons. The summed E-state index contributed by atoms with van der Waals surface area (Å²) in [7, 11) is 0. The lowest BCUT2D eigenvalue weighted by atomic mass is 10.1. The summed E-state index contributed by atoms with van der Waals surface area (Å²) in [6.45, 7) is 4.39. The standard InChI is InChI=1S/C11H20O2.C5H10O4/c1-2-3-4-5-6-7-8-9-10-11(12)13;1-4(7)9-3-5(8)2-6/h2H,1,3-10H2,(H,12,13);5-6,8H,2-3H2,1H3. The molecule has 6 nitrogen and oxygen atoms in total. The van der Waals surface area contributed by atoms with Gasteiger partial charge < -0.3 is 20.1 Å². The summed E-state index contributed by atoms with van der Waals surface area (Å²) in [5.74, 6) is -1.13. The monoisotopic (exact) mass is 318 g/mol. The highest BCUT2D eigenvalue weighted by Gasteiger charge is 2.02. The highest BCUT2D eigenvalue weighted by atomic mass is 16.5. The number of rotatable bonds is 12. The molecule has 0 heterocycles. The second-order valence-electron chi connectivity index (χ2n) is 4.98. The number of ether oxygens (including phenoxy) is 1. The van der Waals surface area contributed by atoms with Crippen LogP contribution in [0, 0.1) is 0 Å². The lowest BCUT2D eigenvalue weighted by Gasteiger charge is -2.05. The zero-order valence-electron chi connectivity index (χ0n) is 13.5. The SMILES string of the molecule is C=CCCCCCCCCC(=O)O.CC(=O)OCC(O)CO. The van der Waals surface area contributed by atoms with E-state index in [0.717, 1.165) is 19.3 Å². The second-order valence-corrected chi connectivity index (χ2v) is 4.98. The van der Waals surface area contributed by atoms with Crippen LogP contribution in [-0.2, 0) is 14.3 Å². The minimum atomic E-state index is -0.950. The van der Waals surface area contributed by atoms with E-state index in [1.807, 2.05) is 6.08 Å². The van der Waals surface area contributed by atoms with Gasteiger partial charge in [-0.3, -0.25) is 9.59 Å². The Morgan fingerprint density at radius 2 is 1.68 bits per heavy atom. The fourth-order valence-electron chi connectivity index (χ4n) is 1.54. The van der Waals surface area contributed by atoms with Crippen molar-refractivity contribution in [2.24, 2.45) is 0 Å². The van der Waals surface area contributed by atoms with Gasteiger partial charge in [0.1, 0.15) is 12.7 Å². The van der Waals surface area contributed by atoms with Gasteiger partial charge in [-0.25, -0.2) is 0 Å². The van der Waals surface area contributed by atoms with Gasteiger partial charge in [0.15, 0.2) is 0 Å². The first-order valence-corrected chi connectivity index (χ1v) is 7.69. The first kappa shape index (κ1) is 22.9. The van der Waals surface area contributed by atoms with E-state index in [2.05, 4.69) is 11.3 Å². The number of unbranched alkanes of at least 4 members (excludes halogenated alkanes) is 6. The quantitative estimate of drug-likeness (QED) is 0.290. The van der Waals surface area contributed by atoms with Crippen LogP contribution in [0.25, 0.3) is 0 Å². The fourth-order valence-corrected chi connectivity index (χ4v) is 1.54. The van der Waals surface area contributed by atoms with Crippen molar-refractivity contribution in [2.75, 3.05) is 13.2 Å². The molecule has 1 unspecified atom stereocenters. The van der Waals surface area contributed by atoms with E-state index in [9.17, 15) is 9.59 Å². The number of aliphatic carboxylic acids is 1. The zero-order chi connectivity index (χ0) is 17.2. The van der Waals surface area contributed by atoms with Crippen molar-refractivity contribution in [1.82, 2.24) is 0 Å². The van der Waals surface area contributed by atoms with Crippen molar-refractivity contribution < 1.29 is 29.6 Å². The molecule has 0 aromatic heterocycles. The molecule has 0 saturated carbocycles. The summed E-state index contributed by atoms with van der Waals surface area (Å²) in [6.07, 6.45) is 9.19. The zero-order valence-corrected chi connectivity index (χ0v) is 13.5. The van der Waals surface area contributed by atoms with E-state index in [1.54, 1.807) is 0 Å². The van der Waals surface area contributed by atoms with E-state index in [4.69, 9.17) is 15.3 Å². The summed E-state index contributed by atoms with van der Waals surface area (Å²) in [4.78, 5) is 20.2. The Bertz CT molecular complexity index is 290. The summed E-state index contributed by atoms with van der Waals surface area (Å²) in [5.41, 5.74) is 0. The smallest absolute Gasteiger partial charge is 0.303 e. The van der Waals surface area contributed by atoms with Gasteiger partial charge in [-0.05, 0) is 19.3 Å². The third-order valence-electron chi connectivity index (χ3n) is 2.74. The maximum Gasteiger partial charge on any atom is 0.303 e. The third kappa shape index (κ3) is 23.7. The Labute approximate surface area is 132 Å². The van der Waals surface area contributed by atoms with Gasteiger partial charge in [-0.15, -0.1) is 6.58 Å². The highest BCUT2D eigenvalue weighted by Crippen LogP contribution is 2.08. The number of carbonyl (C=O) groups excluding carboxylic acids is 1. The Morgan fingerprint density at radius 3 is 2.14 bits per heavy atom. The molecule has 0 rings (SSSR count). The molecule has 6 heteroatoms. The topological polar surface area (TPSA) is 104 Å². The molecule has 22 heavy (non-hydrogen) atoms. The van der Waals surface area contributed by atoms with Gasteiger partial charge in [0, 0.05) is 13.3 Å². The maximum atomic E-state index is 10.2. The average molecular weight is 318 g/mol. The minimum Gasteiger partial charge on any atom is -0.481 e. The van der Waals surface area contributed by atoms with E-state index in [-0.39, 0.29) is 13.2 Å². The molecule has 3 N–H and O–H groups in total. The number of aliphatic hydroxyl groups is 2. The van der Waals surface area contributed by atoms with Crippen LogP contribution in [0.2, 0.25) is 0 Å². The van der Waals surface area contributed by atoms with Crippen LogP contribution in [0.15, 0.2) is 12.7 Å². The van der Waals surface area contributed by atoms with Gasteiger partial charge in [0.2, 0.25) is 0 Å². The van der Waals surface area contributed by atoms with Gasteiger partial charge in [0.05, 0.1) is 6.61 Å². The van der Waals surface area contributed by atoms with Crippen molar-refractivity contribution in [3.05, 3.63) is 12.7 Å². The molecule has 0 spiro atoms. The molecule has 0 aliphatic rings. The predicted molar refractivity (Wildman–Crippen MR) is 84.5 cm³/mol. The first-order valence-electron chi connectivity index (χ1n) is 7.69. The number of aliphatic hydroxyl groups excluding tert-OH is 2. The predicted octanol–water partition coefficient (Wildman–Crippen LogP) is 2.28. The normalized spacial score (nSPS) is 11.0. The number of carboxylic acid groups (broad SMARTS) is 1. The van der Waals surface area contributed by atoms with E-state index in [0.29, 0.717) is 6.42 Å². The lowest BCUT2D eigenvalue weighted by molar-refractivity contribution is -0.144. The Hall–Kier alpha value is -1.40. The van der Waals surface area contributed by atoms with Crippen molar-refractivity contribution in [3.8, 4) is 0 Å². The largest absolute Gasteiger partial charge is 0.481 e. The first-order chi connectivity index (χ1) is 10.4. The molecule has 0 aromatic rings. The molecule has 0 aliphatic heterocycles. The minimum absolute atomic E-state index is 0.133. The number of hydrogen-bond donors (Lipinski definition) is 3. The second kappa shape index (κ2) is 17.7. The summed E-state index contributed by atoms with van der Waals surface area (Å²) in [5, 5.41) is 25.2. The summed E-state index contributed by atoms with van der Waals surface area (Å²) < 4.78 is 4.35. The van der Waals surface area contributed by atoms with E-state index < -0.39 is 18.0 Å². The average Bonchev–Trinajstić information content (AvgIpc) is 2.47. The van der Waals surface area contributed by atoms with Crippen LogP contribution < -0.4 is 0 Å². The summed E-state index contributed by atoms with van der Waals surface area (Å²) in [6, 6.07) is 0. The van der Waals surface area contributed by atoms with E-state index >= 15 is 0 Å². The molecule has 0 saturated heterocycles. The van der Waals surface area contributed by atoms with Crippen LogP contribution in [0.1, 0.15) is 58.3 Å². The fraction of sp³-hybridized carbons (Fsp3) is 0.750. The number of carbonyl (C=O) groups is 2. The van der Waals surface area contributed by atoms with Gasteiger partial charge >= 0.3 is 11.9 Å². The van der Waals surface area contributed by atoms with Crippen molar-refractivity contribution >= 4 is 11.9 Å². The van der Waals surface area contributed by atoms with Gasteiger partial charge in [0.25, 0.3) is 0 Å². The summed E-state index contributed by atoms with van der Waals surface area (Å²) >= 11 is 0. The van der Waals surface area contributed by atoms with Crippen LogP contribution in [0.4, 0.5) is 0 Å². The number of esters is 1. The van der Waals surface area contributed by atoms with Crippen molar-refractivity contribution in [3.63, 3.8) is 0 Å². The van der Waals surface area contributed by atoms with Crippen LogP contribution >= 0.6 is 0 Å². The number of carboxylic acids is 1. The molecule has 1 atom stereocenters. The van der Waals surface area contributed by atoms with E-state index in [1.165, 1.54) is 32.6 Å². The Kier molecular flexibility index (Phi) is 18.4. The van der Waals surface area contributed by atoms with Crippen molar-refractivity contribution in [2.45, 2.75) is 64.4 Å². The van der Waals surface area contributed by atoms with Crippen molar-refractivity contribution in [1.29, 1.82) is 0 Å². The molecule has 0 amide bonds. The Morgan fingerprint density at radius 1 is 1.14 bits per heavy atom. The number of hydrogen-bond acceptors (Lipinski definition) is 5. The molecule has 0 radical (unpaired) electrons. The third-order valence-corrected chi connectivity index (χ3v) is 2.74. The van der Waals surface area contributed by atoms with Gasteiger partial charge in [-0.1, -0.05) is 31.8 Å². The molecular weight excluding hydrogens is 288 g/mol. The molecule has 0 bridgehead atoms. The lowest BCUT2D eigenvalue weighted by Crippen LogP contribution is -2.20. The number of allylic oxidation sites excluding steroid dienone is 1.